The predicted octanol–water partition coefficient (Wildman–Crippen LogP) is 2.99. The number of hydrogen-bond acceptors (Lipinski definition) is 3. The molecule has 4 nitrogen and oxygen atoms in total. The molecule has 0 spiro atoms. The summed E-state index contributed by atoms with van der Waals surface area (Å²) in [7, 11) is -4.30. The summed E-state index contributed by atoms with van der Waals surface area (Å²) in [4.78, 5) is -0.194. The summed E-state index contributed by atoms with van der Waals surface area (Å²) < 4.78 is 31.9. The summed E-state index contributed by atoms with van der Waals surface area (Å²) in [6, 6.07) is 12.2. The maximum absolute atomic E-state index is 11.3. The average Bonchev–Trinajstić information content (AvgIpc) is 2.38. The zero-order chi connectivity index (χ0) is 14.8. The van der Waals surface area contributed by atoms with Gasteiger partial charge in [0.15, 0.2) is 0 Å². The third-order valence-corrected chi connectivity index (χ3v) is 3.76. The van der Waals surface area contributed by atoms with Gasteiger partial charge in [0.2, 0.25) is 0 Å². The Hall–Kier alpha value is -2.11. The van der Waals surface area contributed by atoms with Crippen LogP contribution in [0.1, 0.15) is 16.7 Å². The summed E-state index contributed by atoms with van der Waals surface area (Å²) in [6.45, 7) is 1.99. The number of rotatable bonds is 3. The fourth-order valence-electron chi connectivity index (χ4n) is 1.78. The van der Waals surface area contributed by atoms with Gasteiger partial charge in [-0.3, -0.25) is 4.55 Å². The minimum Gasteiger partial charge on any atom is -0.399 e. The molecule has 0 aliphatic rings. The first-order chi connectivity index (χ1) is 9.36. The van der Waals surface area contributed by atoms with Crippen LogP contribution in [0.2, 0.25) is 0 Å². The molecule has 0 saturated carbocycles. The molecule has 2 aromatic carbocycles. The highest BCUT2D eigenvalue weighted by atomic mass is 32.2. The summed E-state index contributed by atoms with van der Waals surface area (Å²) in [5.74, 6) is 0. The summed E-state index contributed by atoms with van der Waals surface area (Å²) >= 11 is 0. The number of nitrogen functional groups attached to an aromatic ring is 1. The molecule has 0 radical (unpaired) electrons. The van der Waals surface area contributed by atoms with Gasteiger partial charge in [-0.15, -0.1) is 0 Å². The maximum Gasteiger partial charge on any atom is 0.295 e. The lowest BCUT2D eigenvalue weighted by Gasteiger charge is -2.04. The molecule has 0 aromatic heterocycles. The molecule has 5 heteroatoms. The smallest absolute Gasteiger partial charge is 0.295 e. The number of aryl methyl sites for hydroxylation is 1. The topological polar surface area (TPSA) is 80.4 Å². The first-order valence-corrected chi connectivity index (χ1v) is 7.42. The molecule has 0 heterocycles. The summed E-state index contributed by atoms with van der Waals surface area (Å²) in [5.41, 5.74) is 8.31. The van der Waals surface area contributed by atoms with Crippen LogP contribution in [0.15, 0.2) is 47.4 Å². The number of benzene rings is 2. The highest BCUT2D eigenvalue weighted by Gasteiger charge is 2.14. The second-order valence-electron chi connectivity index (χ2n) is 4.52. The molecule has 0 aliphatic carbocycles. The lowest BCUT2D eigenvalue weighted by Crippen LogP contribution is -2.02. The number of hydrogen-bond donors (Lipinski definition) is 2. The largest absolute Gasteiger partial charge is 0.399 e. The Labute approximate surface area is 118 Å². The third kappa shape index (κ3) is 3.46. The van der Waals surface area contributed by atoms with Crippen molar-refractivity contribution in [2.45, 2.75) is 11.8 Å². The van der Waals surface area contributed by atoms with Crippen molar-refractivity contribution in [3.63, 3.8) is 0 Å². The third-order valence-electron chi connectivity index (χ3n) is 2.85. The molecule has 0 saturated heterocycles. The second-order valence-corrected chi connectivity index (χ2v) is 5.91. The first-order valence-electron chi connectivity index (χ1n) is 5.98. The van der Waals surface area contributed by atoms with Gasteiger partial charge in [-0.1, -0.05) is 48.0 Å². The molecule has 0 atom stereocenters. The van der Waals surface area contributed by atoms with Crippen molar-refractivity contribution in [3.8, 4) is 0 Å². The van der Waals surface area contributed by atoms with Crippen LogP contribution in [-0.4, -0.2) is 13.0 Å². The monoisotopic (exact) mass is 289 g/mol. The fourth-order valence-corrected chi connectivity index (χ4v) is 2.49. The zero-order valence-electron chi connectivity index (χ0n) is 10.9. The van der Waals surface area contributed by atoms with E-state index in [0.717, 1.165) is 11.1 Å². The standard InChI is InChI=1S/C15H15NO3S/c1-11-2-4-12(5-3-11)6-7-13-8-9-14(16)10-15(13)20(17,18)19/h2-10H,16H2,1H3,(H,17,18,19). The van der Waals surface area contributed by atoms with Gasteiger partial charge in [0.05, 0.1) is 0 Å². The molecule has 0 fully saturated rings. The Morgan fingerprint density at radius 3 is 2.30 bits per heavy atom. The lowest BCUT2D eigenvalue weighted by molar-refractivity contribution is 0.483. The zero-order valence-corrected chi connectivity index (χ0v) is 11.8. The first kappa shape index (κ1) is 14.3. The molecule has 0 unspecified atom stereocenters. The van der Waals surface area contributed by atoms with E-state index in [1.54, 1.807) is 24.3 Å². The van der Waals surface area contributed by atoms with Crippen LogP contribution in [0.25, 0.3) is 12.2 Å². The normalized spacial score (nSPS) is 11.9. The Kier molecular flexibility index (Phi) is 3.92. The van der Waals surface area contributed by atoms with Crippen LogP contribution < -0.4 is 5.73 Å². The van der Waals surface area contributed by atoms with Crippen molar-refractivity contribution >= 4 is 28.0 Å². The molecule has 104 valence electrons. The molecule has 3 N–H and O–H groups in total. The van der Waals surface area contributed by atoms with Crippen LogP contribution in [0.5, 0.6) is 0 Å². The molecule has 0 amide bonds. The minimum absolute atomic E-state index is 0.194. The van der Waals surface area contributed by atoms with Gasteiger partial charge in [-0.2, -0.15) is 8.42 Å². The van der Waals surface area contributed by atoms with E-state index in [2.05, 4.69) is 0 Å². The minimum atomic E-state index is -4.30. The molecular formula is C15H15NO3S. The van der Waals surface area contributed by atoms with Gasteiger partial charge in [0.25, 0.3) is 10.1 Å². The molecule has 2 rings (SSSR count). The van der Waals surface area contributed by atoms with E-state index in [1.165, 1.54) is 6.07 Å². The quantitative estimate of drug-likeness (QED) is 0.517. The Balaban J connectivity index is 2.41. The summed E-state index contributed by atoms with van der Waals surface area (Å²) in [6.07, 6.45) is 3.41. The highest BCUT2D eigenvalue weighted by molar-refractivity contribution is 7.86. The maximum atomic E-state index is 11.3. The van der Waals surface area contributed by atoms with Crippen molar-refractivity contribution in [3.05, 3.63) is 59.2 Å². The predicted molar refractivity (Wildman–Crippen MR) is 80.8 cm³/mol. The van der Waals surface area contributed by atoms with Gasteiger partial charge in [0, 0.05) is 5.69 Å². The molecular weight excluding hydrogens is 274 g/mol. The van der Waals surface area contributed by atoms with Gasteiger partial charge in [-0.05, 0) is 30.2 Å². The van der Waals surface area contributed by atoms with Crippen molar-refractivity contribution < 1.29 is 13.0 Å². The van der Waals surface area contributed by atoms with Gasteiger partial charge < -0.3 is 5.73 Å². The van der Waals surface area contributed by atoms with E-state index >= 15 is 0 Å². The van der Waals surface area contributed by atoms with Gasteiger partial charge >= 0.3 is 0 Å². The van der Waals surface area contributed by atoms with Crippen LogP contribution >= 0.6 is 0 Å². The van der Waals surface area contributed by atoms with E-state index in [0.29, 0.717) is 5.56 Å². The molecule has 0 aliphatic heterocycles. The SMILES string of the molecule is Cc1ccc(C=Cc2ccc(N)cc2S(=O)(=O)O)cc1. The van der Waals surface area contributed by atoms with Crippen LogP contribution in [0, 0.1) is 6.92 Å². The van der Waals surface area contributed by atoms with Gasteiger partial charge in [0.1, 0.15) is 4.90 Å². The molecule has 2 aromatic rings. The average molecular weight is 289 g/mol. The molecule has 0 bridgehead atoms. The van der Waals surface area contributed by atoms with Crippen LogP contribution in [-0.2, 0) is 10.1 Å². The van der Waals surface area contributed by atoms with Crippen LogP contribution in [0.3, 0.4) is 0 Å². The molecule has 20 heavy (non-hydrogen) atoms. The van der Waals surface area contributed by atoms with Crippen molar-refractivity contribution in [2.24, 2.45) is 0 Å². The Bertz CT molecular complexity index is 747. The van der Waals surface area contributed by atoms with E-state index in [4.69, 9.17) is 5.73 Å². The summed E-state index contributed by atoms with van der Waals surface area (Å²) in [5, 5.41) is 0. The van der Waals surface area contributed by atoms with Crippen LogP contribution in [0.4, 0.5) is 5.69 Å². The fraction of sp³-hybridized carbons (Fsp3) is 0.0667. The van der Waals surface area contributed by atoms with Crippen molar-refractivity contribution in [1.29, 1.82) is 0 Å². The van der Waals surface area contributed by atoms with E-state index in [-0.39, 0.29) is 10.6 Å². The van der Waals surface area contributed by atoms with E-state index in [1.807, 2.05) is 31.2 Å². The number of nitrogens with two attached hydrogens (primary N) is 1. The van der Waals surface area contributed by atoms with E-state index in [9.17, 15) is 13.0 Å². The Morgan fingerprint density at radius 1 is 1.05 bits per heavy atom. The van der Waals surface area contributed by atoms with Crippen molar-refractivity contribution in [2.75, 3.05) is 5.73 Å². The second kappa shape index (κ2) is 5.48. The van der Waals surface area contributed by atoms with Gasteiger partial charge in [-0.25, -0.2) is 0 Å². The van der Waals surface area contributed by atoms with Crippen molar-refractivity contribution in [1.82, 2.24) is 0 Å². The lowest BCUT2D eigenvalue weighted by atomic mass is 10.1. The Morgan fingerprint density at radius 2 is 1.70 bits per heavy atom. The number of anilines is 1. The highest BCUT2D eigenvalue weighted by Crippen LogP contribution is 2.21. The van der Waals surface area contributed by atoms with E-state index < -0.39 is 10.1 Å².